The monoisotopic (exact) mass is 397 g/mol. The number of pyridine rings is 1. The van der Waals surface area contributed by atoms with Crippen LogP contribution in [0, 0.1) is 13.8 Å². The Morgan fingerprint density at radius 2 is 1.81 bits per heavy atom. The molecule has 0 aliphatic heterocycles. The summed E-state index contributed by atoms with van der Waals surface area (Å²) < 4.78 is 52.6. The first kappa shape index (κ1) is 20.5. The second kappa shape index (κ2) is 8.26. The van der Waals surface area contributed by atoms with Crippen LogP contribution in [-0.2, 0) is 26.6 Å². The number of nitrogens with zero attached hydrogens (tertiary/aromatic N) is 2. The largest absolute Gasteiger partial charge is 0.260 e. The van der Waals surface area contributed by atoms with Crippen LogP contribution in [0.25, 0.3) is 0 Å². The smallest absolute Gasteiger partial charge is 0.240 e. The Kier molecular flexibility index (Phi) is 6.51. The normalized spacial score (nSPS) is 12.5. The first-order chi connectivity index (χ1) is 12.1. The number of nitrogens with one attached hydrogen (secondary N) is 1. The van der Waals surface area contributed by atoms with E-state index in [2.05, 4.69) is 9.71 Å². The molecule has 0 aliphatic rings. The van der Waals surface area contributed by atoms with Gasteiger partial charge in [0.1, 0.15) is 0 Å². The zero-order valence-electron chi connectivity index (χ0n) is 15.0. The van der Waals surface area contributed by atoms with Crippen LogP contribution in [-0.4, -0.2) is 45.5 Å². The van der Waals surface area contributed by atoms with Crippen LogP contribution in [0.2, 0.25) is 0 Å². The maximum atomic E-state index is 12.5. The van der Waals surface area contributed by atoms with Crippen molar-refractivity contribution in [2.24, 2.45) is 0 Å². The van der Waals surface area contributed by atoms with E-state index in [0.717, 1.165) is 11.8 Å². The lowest BCUT2D eigenvalue weighted by atomic mass is 10.2. The van der Waals surface area contributed by atoms with Crippen LogP contribution < -0.4 is 4.72 Å². The molecule has 2 aromatic rings. The Labute approximate surface area is 155 Å². The van der Waals surface area contributed by atoms with E-state index in [1.54, 1.807) is 43.5 Å². The predicted molar refractivity (Wildman–Crippen MR) is 101 cm³/mol. The van der Waals surface area contributed by atoms with Gasteiger partial charge in [0.15, 0.2) is 0 Å². The minimum Gasteiger partial charge on any atom is -0.260 e. The molecule has 2 rings (SSSR count). The number of rotatable bonds is 8. The molecule has 1 heterocycles. The molecule has 1 aromatic carbocycles. The maximum absolute atomic E-state index is 12.5. The van der Waals surface area contributed by atoms with Gasteiger partial charge in [-0.2, -0.15) is 4.31 Å². The molecule has 0 aliphatic carbocycles. The number of hydrogen-bond acceptors (Lipinski definition) is 5. The summed E-state index contributed by atoms with van der Waals surface area (Å²) in [5, 5.41) is 0. The van der Waals surface area contributed by atoms with Crippen molar-refractivity contribution in [1.82, 2.24) is 14.0 Å². The second-order valence-electron chi connectivity index (χ2n) is 6.08. The average Bonchev–Trinajstić information content (AvgIpc) is 2.56. The van der Waals surface area contributed by atoms with E-state index in [1.807, 2.05) is 13.0 Å². The minimum atomic E-state index is -3.71. The summed E-state index contributed by atoms with van der Waals surface area (Å²) in [7, 11) is -7.22. The molecule has 0 atom stereocenters. The number of aromatic nitrogens is 1. The summed E-state index contributed by atoms with van der Waals surface area (Å²) in [6.07, 6.45) is 2.67. The topological polar surface area (TPSA) is 96.4 Å². The highest BCUT2D eigenvalue weighted by Gasteiger charge is 2.20. The summed E-state index contributed by atoms with van der Waals surface area (Å²) in [6, 6.07) is 10.4. The fourth-order valence-electron chi connectivity index (χ4n) is 2.41. The molecule has 0 fully saturated rings. The fourth-order valence-corrected chi connectivity index (χ4v) is 4.55. The predicted octanol–water partition coefficient (Wildman–Crippen LogP) is 1.44. The molecule has 0 amide bonds. The van der Waals surface area contributed by atoms with E-state index in [1.165, 1.54) is 4.31 Å². The van der Waals surface area contributed by atoms with Crippen LogP contribution in [0.5, 0.6) is 0 Å². The van der Waals surface area contributed by atoms with Crippen molar-refractivity contribution in [2.75, 3.05) is 19.3 Å². The molecule has 26 heavy (non-hydrogen) atoms. The number of hydrogen-bond donors (Lipinski definition) is 1. The Morgan fingerprint density at radius 3 is 2.42 bits per heavy atom. The van der Waals surface area contributed by atoms with E-state index in [9.17, 15) is 16.8 Å². The van der Waals surface area contributed by atoms with Gasteiger partial charge in [0.2, 0.25) is 20.0 Å². The van der Waals surface area contributed by atoms with Gasteiger partial charge in [-0.1, -0.05) is 18.2 Å². The van der Waals surface area contributed by atoms with Crippen molar-refractivity contribution in [1.29, 1.82) is 0 Å². The van der Waals surface area contributed by atoms with Crippen LogP contribution >= 0.6 is 0 Å². The van der Waals surface area contributed by atoms with Gasteiger partial charge in [-0.05, 0) is 43.2 Å². The van der Waals surface area contributed by atoms with E-state index in [-0.39, 0.29) is 24.5 Å². The Balaban J connectivity index is 2.08. The van der Waals surface area contributed by atoms with Crippen LogP contribution in [0.15, 0.2) is 47.5 Å². The third kappa shape index (κ3) is 5.60. The highest BCUT2D eigenvalue weighted by atomic mass is 32.2. The van der Waals surface area contributed by atoms with Crippen LogP contribution in [0.3, 0.4) is 0 Å². The highest BCUT2D eigenvalue weighted by molar-refractivity contribution is 7.89. The van der Waals surface area contributed by atoms with Gasteiger partial charge < -0.3 is 0 Å². The zero-order valence-corrected chi connectivity index (χ0v) is 16.6. The number of benzene rings is 1. The average molecular weight is 398 g/mol. The summed E-state index contributed by atoms with van der Waals surface area (Å²) in [4.78, 5) is 4.31. The molecule has 0 spiro atoms. The molecule has 9 heteroatoms. The summed E-state index contributed by atoms with van der Waals surface area (Å²) in [5.74, 6) is 0. The summed E-state index contributed by atoms with van der Waals surface area (Å²) in [5.41, 5.74) is 2.07. The first-order valence-electron chi connectivity index (χ1n) is 8.01. The Hall–Kier alpha value is -1.81. The van der Waals surface area contributed by atoms with Gasteiger partial charge in [0.05, 0.1) is 23.4 Å². The first-order valence-corrected chi connectivity index (χ1v) is 11.3. The molecule has 1 aromatic heterocycles. The highest BCUT2D eigenvalue weighted by Crippen LogP contribution is 2.16. The fraction of sp³-hybridized carbons (Fsp3) is 0.353. The van der Waals surface area contributed by atoms with Crippen molar-refractivity contribution in [3.8, 4) is 0 Å². The van der Waals surface area contributed by atoms with Gasteiger partial charge in [-0.3, -0.25) is 4.98 Å². The lowest BCUT2D eigenvalue weighted by molar-refractivity contribution is 0.408. The molecule has 0 saturated carbocycles. The van der Waals surface area contributed by atoms with Crippen molar-refractivity contribution in [2.45, 2.75) is 25.3 Å². The standard InChI is InChI=1S/C17H23N3O4S2/c1-14-7-8-15(2)17(12-14)26(23,24)19-10-11-20(25(3,21)22)13-16-6-4-5-9-18-16/h4-9,12,19H,10-11,13H2,1-3H3. The van der Waals surface area contributed by atoms with Gasteiger partial charge >= 0.3 is 0 Å². The van der Waals surface area contributed by atoms with Crippen LogP contribution in [0.4, 0.5) is 0 Å². The van der Waals surface area contributed by atoms with E-state index in [0.29, 0.717) is 11.3 Å². The second-order valence-corrected chi connectivity index (χ2v) is 9.80. The summed E-state index contributed by atoms with van der Waals surface area (Å²) >= 11 is 0. The van der Waals surface area contributed by atoms with Crippen molar-refractivity contribution in [3.05, 3.63) is 59.4 Å². The van der Waals surface area contributed by atoms with Crippen molar-refractivity contribution in [3.63, 3.8) is 0 Å². The number of aryl methyl sites for hydroxylation is 2. The molecular formula is C17H23N3O4S2. The molecule has 0 bridgehead atoms. The van der Waals surface area contributed by atoms with Gasteiger partial charge in [-0.25, -0.2) is 21.6 Å². The van der Waals surface area contributed by atoms with Crippen molar-refractivity contribution >= 4 is 20.0 Å². The summed E-state index contributed by atoms with van der Waals surface area (Å²) in [6.45, 7) is 3.61. The molecule has 0 unspecified atom stereocenters. The van der Waals surface area contributed by atoms with E-state index < -0.39 is 20.0 Å². The third-order valence-corrected chi connectivity index (χ3v) is 6.67. The van der Waals surface area contributed by atoms with Crippen LogP contribution in [0.1, 0.15) is 16.8 Å². The number of sulfonamides is 2. The van der Waals surface area contributed by atoms with Crippen molar-refractivity contribution < 1.29 is 16.8 Å². The minimum absolute atomic E-state index is 0.0134. The lowest BCUT2D eigenvalue weighted by Crippen LogP contribution is -2.38. The SMILES string of the molecule is Cc1ccc(C)c(S(=O)(=O)NCCN(Cc2ccccn2)S(C)(=O)=O)c1. The molecule has 0 radical (unpaired) electrons. The Morgan fingerprint density at radius 1 is 1.08 bits per heavy atom. The van der Waals surface area contributed by atoms with Gasteiger partial charge in [0.25, 0.3) is 0 Å². The van der Waals surface area contributed by atoms with E-state index >= 15 is 0 Å². The molecule has 0 saturated heterocycles. The molecule has 1 N–H and O–H groups in total. The molecule has 7 nitrogen and oxygen atoms in total. The zero-order chi connectivity index (χ0) is 19.4. The lowest BCUT2D eigenvalue weighted by Gasteiger charge is -2.20. The molecular weight excluding hydrogens is 374 g/mol. The quantitative estimate of drug-likeness (QED) is 0.727. The molecule has 142 valence electrons. The third-order valence-electron chi connectivity index (χ3n) is 3.82. The van der Waals surface area contributed by atoms with Gasteiger partial charge in [-0.15, -0.1) is 0 Å². The maximum Gasteiger partial charge on any atom is 0.240 e. The van der Waals surface area contributed by atoms with Gasteiger partial charge in [0, 0.05) is 19.3 Å². The Bertz CT molecular complexity index is 959. The van der Waals surface area contributed by atoms with E-state index in [4.69, 9.17) is 0 Å².